The Morgan fingerprint density at radius 2 is 1.78 bits per heavy atom. The quantitative estimate of drug-likeness (QED) is 0.684. The van der Waals surface area contributed by atoms with Crippen LogP contribution in [0.25, 0.3) is 0 Å². The second-order valence-electron chi connectivity index (χ2n) is 8.21. The molecule has 160 valence electrons. The molecule has 32 heavy (non-hydrogen) atoms. The molecule has 0 saturated carbocycles. The summed E-state index contributed by atoms with van der Waals surface area (Å²) in [4.78, 5) is 27.6. The van der Waals surface area contributed by atoms with Crippen LogP contribution in [0.15, 0.2) is 54.6 Å². The molecule has 0 bridgehead atoms. The molecule has 7 heteroatoms. The third-order valence-corrected chi connectivity index (χ3v) is 6.60. The van der Waals surface area contributed by atoms with Gasteiger partial charge < -0.3 is 24.2 Å². The maximum Gasteiger partial charge on any atom is 0.336 e. The highest BCUT2D eigenvalue weighted by molar-refractivity contribution is 6.11. The van der Waals surface area contributed by atoms with Crippen LogP contribution in [0.3, 0.4) is 0 Å². The van der Waals surface area contributed by atoms with Crippen molar-refractivity contribution >= 4 is 17.6 Å². The molecule has 3 aliphatic heterocycles. The van der Waals surface area contributed by atoms with E-state index >= 15 is 0 Å². The number of benzene rings is 3. The number of ether oxygens (including phenoxy) is 3. The van der Waals surface area contributed by atoms with Crippen LogP contribution >= 0.6 is 0 Å². The number of rotatable bonds is 3. The Hall–Kier alpha value is -4.00. The van der Waals surface area contributed by atoms with Crippen LogP contribution in [0.5, 0.6) is 17.2 Å². The first-order valence-corrected chi connectivity index (χ1v) is 10.3. The van der Waals surface area contributed by atoms with Gasteiger partial charge in [0.1, 0.15) is 17.8 Å². The second kappa shape index (κ2) is 6.50. The second-order valence-corrected chi connectivity index (χ2v) is 8.21. The van der Waals surface area contributed by atoms with Gasteiger partial charge in [0.2, 0.25) is 12.7 Å². The molecule has 0 aliphatic carbocycles. The van der Waals surface area contributed by atoms with E-state index in [-0.39, 0.29) is 31.4 Å². The summed E-state index contributed by atoms with van der Waals surface area (Å²) >= 11 is 0. The summed E-state index contributed by atoms with van der Waals surface area (Å²) in [6.07, 6.45) is 0. The van der Waals surface area contributed by atoms with Crippen molar-refractivity contribution in [2.24, 2.45) is 0 Å². The fourth-order valence-corrected chi connectivity index (χ4v) is 4.99. The topological polar surface area (TPSA) is 85.3 Å². The maximum absolute atomic E-state index is 14.1. The van der Waals surface area contributed by atoms with Crippen molar-refractivity contribution in [2.45, 2.75) is 18.9 Å². The van der Waals surface area contributed by atoms with E-state index in [2.05, 4.69) is 0 Å². The minimum absolute atomic E-state index is 0.132. The minimum Gasteiger partial charge on any atom is -0.491 e. The zero-order chi connectivity index (χ0) is 22.0. The molecular formula is C25H19NO6. The molecule has 1 atom stereocenters. The number of hydrogen-bond donors (Lipinski definition) is 1. The monoisotopic (exact) mass is 429 g/mol. The van der Waals surface area contributed by atoms with Crippen LogP contribution in [0.2, 0.25) is 0 Å². The molecule has 3 aliphatic rings. The van der Waals surface area contributed by atoms with Gasteiger partial charge in [0, 0.05) is 17.3 Å². The van der Waals surface area contributed by atoms with E-state index in [1.807, 2.05) is 43.3 Å². The van der Waals surface area contributed by atoms with Crippen LogP contribution in [0.4, 0.5) is 5.69 Å². The van der Waals surface area contributed by atoms with Crippen LogP contribution < -0.4 is 19.1 Å². The summed E-state index contributed by atoms with van der Waals surface area (Å²) in [5.74, 6) is 0.629. The molecule has 1 spiro atoms. The van der Waals surface area contributed by atoms with Gasteiger partial charge in [-0.05, 0) is 41.8 Å². The van der Waals surface area contributed by atoms with Gasteiger partial charge in [-0.1, -0.05) is 30.3 Å². The normalized spacial score (nSPS) is 19.8. The summed E-state index contributed by atoms with van der Waals surface area (Å²) in [6.45, 7) is 2.31. The molecule has 3 heterocycles. The summed E-state index contributed by atoms with van der Waals surface area (Å²) in [7, 11) is 0. The smallest absolute Gasteiger partial charge is 0.336 e. The Labute approximate surface area is 183 Å². The van der Waals surface area contributed by atoms with Gasteiger partial charge in [-0.3, -0.25) is 4.79 Å². The van der Waals surface area contributed by atoms with Gasteiger partial charge in [0.15, 0.2) is 11.5 Å². The van der Waals surface area contributed by atoms with E-state index in [1.54, 1.807) is 23.1 Å². The fraction of sp³-hybridized carbons (Fsp3) is 0.200. The van der Waals surface area contributed by atoms with Crippen LogP contribution in [0.1, 0.15) is 32.6 Å². The SMILES string of the molecule is Cc1cccc(C(=O)O)c1CN1C(=O)C2(COc3cc4c(cc32)OCO4)c2ccccc21. The predicted octanol–water partition coefficient (Wildman–Crippen LogP) is 3.65. The van der Waals surface area contributed by atoms with E-state index in [4.69, 9.17) is 14.2 Å². The number of aromatic carboxylic acids is 1. The van der Waals surface area contributed by atoms with Crippen LogP contribution in [-0.2, 0) is 16.8 Å². The van der Waals surface area contributed by atoms with E-state index < -0.39 is 11.4 Å². The Morgan fingerprint density at radius 1 is 1.00 bits per heavy atom. The van der Waals surface area contributed by atoms with Crippen LogP contribution in [0, 0.1) is 6.92 Å². The first-order chi connectivity index (χ1) is 15.5. The van der Waals surface area contributed by atoms with Gasteiger partial charge >= 0.3 is 5.97 Å². The molecule has 1 N–H and O–H groups in total. The number of carboxylic acid groups (broad SMARTS) is 1. The molecule has 0 aromatic heterocycles. The van der Waals surface area contributed by atoms with Crippen molar-refractivity contribution < 1.29 is 28.9 Å². The third kappa shape index (κ3) is 2.36. The molecule has 0 saturated heterocycles. The zero-order valence-corrected chi connectivity index (χ0v) is 17.3. The lowest BCUT2D eigenvalue weighted by Crippen LogP contribution is -2.42. The summed E-state index contributed by atoms with van der Waals surface area (Å²) in [6, 6.07) is 16.4. The van der Waals surface area contributed by atoms with Gasteiger partial charge in [-0.15, -0.1) is 0 Å². The molecule has 1 unspecified atom stereocenters. The highest BCUT2D eigenvalue weighted by atomic mass is 16.7. The average molecular weight is 429 g/mol. The average Bonchev–Trinajstić information content (AvgIpc) is 3.46. The maximum atomic E-state index is 14.1. The van der Waals surface area contributed by atoms with Gasteiger partial charge in [0.25, 0.3) is 0 Å². The first kappa shape index (κ1) is 18.7. The number of hydrogen-bond acceptors (Lipinski definition) is 5. The number of carboxylic acids is 1. The van der Waals surface area contributed by atoms with E-state index in [1.165, 1.54) is 0 Å². The number of para-hydroxylation sites is 1. The van der Waals surface area contributed by atoms with Gasteiger partial charge in [0.05, 0.1) is 12.1 Å². The van der Waals surface area contributed by atoms with Crippen molar-refractivity contribution in [3.8, 4) is 17.2 Å². The molecule has 0 radical (unpaired) electrons. The first-order valence-electron chi connectivity index (χ1n) is 10.3. The fourth-order valence-electron chi connectivity index (χ4n) is 4.99. The molecule has 3 aromatic rings. The van der Waals surface area contributed by atoms with Crippen molar-refractivity contribution in [3.05, 3.63) is 82.4 Å². The largest absolute Gasteiger partial charge is 0.491 e. The van der Waals surface area contributed by atoms with Crippen molar-refractivity contribution in [1.82, 2.24) is 0 Å². The number of amides is 1. The Balaban J connectivity index is 1.51. The highest BCUT2D eigenvalue weighted by Crippen LogP contribution is 2.55. The van der Waals surface area contributed by atoms with Crippen molar-refractivity contribution in [1.29, 1.82) is 0 Å². The number of anilines is 1. The van der Waals surface area contributed by atoms with Crippen molar-refractivity contribution in [3.63, 3.8) is 0 Å². The molecular weight excluding hydrogens is 410 g/mol. The van der Waals surface area contributed by atoms with E-state index in [9.17, 15) is 14.7 Å². The Bertz CT molecular complexity index is 1320. The van der Waals surface area contributed by atoms with Gasteiger partial charge in [-0.2, -0.15) is 0 Å². The zero-order valence-electron chi connectivity index (χ0n) is 17.3. The van der Waals surface area contributed by atoms with Crippen molar-refractivity contribution in [2.75, 3.05) is 18.3 Å². The van der Waals surface area contributed by atoms with Crippen LogP contribution in [-0.4, -0.2) is 30.4 Å². The highest BCUT2D eigenvalue weighted by Gasteiger charge is 2.57. The number of carbonyl (C=O) groups is 2. The molecule has 0 fully saturated rings. The lowest BCUT2D eigenvalue weighted by molar-refractivity contribution is -0.122. The number of nitrogens with zero attached hydrogens (tertiary/aromatic N) is 1. The van der Waals surface area contributed by atoms with Gasteiger partial charge in [-0.25, -0.2) is 4.79 Å². The number of carbonyl (C=O) groups excluding carboxylic acids is 1. The number of aryl methyl sites for hydroxylation is 1. The molecule has 1 amide bonds. The molecule has 3 aromatic carbocycles. The van der Waals surface area contributed by atoms with E-state index in [0.29, 0.717) is 22.8 Å². The minimum atomic E-state index is -1.01. The predicted molar refractivity (Wildman–Crippen MR) is 115 cm³/mol. The summed E-state index contributed by atoms with van der Waals surface area (Å²) < 4.78 is 17.0. The summed E-state index contributed by atoms with van der Waals surface area (Å²) in [5, 5.41) is 9.70. The van der Waals surface area contributed by atoms with E-state index in [0.717, 1.165) is 22.4 Å². The standard InChI is InChI=1S/C25H19NO6/c1-14-5-4-6-15(23(27)28)16(14)11-26-19-8-3-2-7-17(19)25(24(26)29)12-30-20-10-22-21(9-18(20)25)31-13-32-22/h2-10H,11-13H2,1H3,(H,27,28). The molecule has 7 nitrogen and oxygen atoms in total. The summed E-state index contributed by atoms with van der Waals surface area (Å²) in [5.41, 5.74) is 2.96. The molecule has 6 rings (SSSR count). The lowest BCUT2D eigenvalue weighted by atomic mass is 9.77. The Morgan fingerprint density at radius 3 is 2.59 bits per heavy atom. The number of fused-ring (bicyclic) bond motifs is 5. The lowest BCUT2D eigenvalue weighted by Gasteiger charge is -2.24. The Kier molecular flexibility index (Phi) is 3.81. The third-order valence-electron chi connectivity index (χ3n) is 6.60.